The zero-order valence-corrected chi connectivity index (χ0v) is 16.6. The van der Waals surface area contributed by atoms with Crippen molar-refractivity contribution >= 4 is 29.3 Å². The molecule has 2 unspecified atom stereocenters. The lowest BCUT2D eigenvalue weighted by Crippen LogP contribution is -2.37. The SMILES string of the molecule is CCCCC(OC(=O)C1COc2ccc(Cl)cc2C1)C(=O)Nc1cc(C)on1. The Balaban J connectivity index is 1.64. The smallest absolute Gasteiger partial charge is 0.313 e. The minimum atomic E-state index is -0.898. The Morgan fingerprint density at radius 3 is 2.93 bits per heavy atom. The second kappa shape index (κ2) is 9.10. The number of hydrogen-bond donors (Lipinski definition) is 1. The second-order valence-electron chi connectivity index (χ2n) is 6.84. The summed E-state index contributed by atoms with van der Waals surface area (Å²) >= 11 is 6.03. The molecular weight excluding hydrogens is 384 g/mol. The number of esters is 1. The molecule has 1 amide bonds. The Hall–Kier alpha value is -2.54. The van der Waals surface area contributed by atoms with Crippen molar-refractivity contribution in [3.8, 4) is 5.75 Å². The van der Waals surface area contributed by atoms with Crippen molar-refractivity contribution in [3.05, 3.63) is 40.6 Å². The number of amides is 1. The highest BCUT2D eigenvalue weighted by Gasteiger charge is 2.31. The maximum atomic E-state index is 12.7. The molecule has 0 fully saturated rings. The summed E-state index contributed by atoms with van der Waals surface area (Å²) in [7, 11) is 0. The lowest BCUT2D eigenvalue weighted by Gasteiger charge is -2.26. The molecule has 28 heavy (non-hydrogen) atoms. The number of nitrogens with zero attached hydrogens (tertiary/aromatic N) is 1. The quantitative estimate of drug-likeness (QED) is 0.700. The van der Waals surface area contributed by atoms with Crippen molar-refractivity contribution in [2.75, 3.05) is 11.9 Å². The van der Waals surface area contributed by atoms with E-state index >= 15 is 0 Å². The van der Waals surface area contributed by atoms with Crippen molar-refractivity contribution in [2.24, 2.45) is 5.92 Å². The van der Waals surface area contributed by atoms with E-state index in [1.165, 1.54) is 0 Å². The molecule has 1 aromatic heterocycles. The molecule has 2 aromatic rings. The number of ether oxygens (including phenoxy) is 2. The maximum absolute atomic E-state index is 12.7. The van der Waals surface area contributed by atoms with Crippen molar-refractivity contribution in [1.29, 1.82) is 0 Å². The van der Waals surface area contributed by atoms with E-state index in [2.05, 4.69) is 10.5 Å². The molecule has 7 nitrogen and oxygen atoms in total. The molecule has 1 N–H and O–H groups in total. The van der Waals surface area contributed by atoms with Gasteiger partial charge in [0.15, 0.2) is 11.9 Å². The zero-order chi connectivity index (χ0) is 20.1. The van der Waals surface area contributed by atoms with E-state index in [0.717, 1.165) is 24.2 Å². The Kier molecular flexibility index (Phi) is 6.57. The molecule has 8 heteroatoms. The van der Waals surface area contributed by atoms with Crippen molar-refractivity contribution in [3.63, 3.8) is 0 Å². The summed E-state index contributed by atoms with van der Waals surface area (Å²) in [6, 6.07) is 6.92. The van der Waals surface area contributed by atoms with Gasteiger partial charge in [-0.2, -0.15) is 0 Å². The molecule has 0 saturated heterocycles. The van der Waals surface area contributed by atoms with Gasteiger partial charge in [0.2, 0.25) is 0 Å². The summed E-state index contributed by atoms with van der Waals surface area (Å²) in [6.45, 7) is 3.94. The van der Waals surface area contributed by atoms with Crippen LogP contribution in [0.1, 0.15) is 37.5 Å². The Morgan fingerprint density at radius 2 is 2.21 bits per heavy atom. The summed E-state index contributed by atoms with van der Waals surface area (Å²) in [4.78, 5) is 25.2. The van der Waals surface area contributed by atoms with E-state index in [1.807, 2.05) is 6.92 Å². The van der Waals surface area contributed by atoms with Gasteiger partial charge in [-0.3, -0.25) is 9.59 Å². The number of nitrogens with one attached hydrogen (secondary N) is 1. The first-order valence-electron chi connectivity index (χ1n) is 9.32. The minimum absolute atomic E-state index is 0.206. The molecular formula is C20H23ClN2O5. The molecule has 1 aliphatic heterocycles. The summed E-state index contributed by atoms with van der Waals surface area (Å²) in [6.07, 6.45) is 1.62. The number of halogens is 1. The fraction of sp³-hybridized carbons (Fsp3) is 0.450. The van der Waals surface area contributed by atoms with Gasteiger partial charge in [0.25, 0.3) is 5.91 Å². The van der Waals surface area contributed by atoms with Crippen LogP contribution < -0.4 is 10.1 Å². The summed E-state index contributed by atoms with van der Waals surface area (Å²) in [5.74, 6) is 0.222. The Labute approximate surface area is 168 Å². The van der Waals surface area contributed by atoms with Crippen LogP contribution in [0.3, 0.4) is 0 Å². The Morgan fingerprint density at radius 1 is 1.39 bits per heavy atom. The minimum Gasteiger partial charge on any atom is -0.492 e. The predicted octanol–water partition coefficient (Wildman–Crippen LogP) is 3.93. The molecule has 1 aromatic carbocycles. The van der Waals surface area contributed by atoms with Crippen LogP contribution in [-0.2, 0) is 20.7 Å². The van der Waals surface area contributed by atoms with Gasteiger partial charge < -0.3 is 19.3 Å². The maximum Gasteiger partial charge on any atom is 0.313 e. The number of rotatable bonds is 7. The first-order valence-corrected chi connectivity index (χ1v) is 9.70. The predicted molar refractivity (Wildman–Crippen MR) is 103 cm³/mol. The van der Waals surface area contributed by atoms with Gasteiger partial charge in [0.1, 0.15) is 18.1 Å². The summed E-state index contributed by atoms with van der Waals surface area (Å²) < 4.78 is 16.2. The summed E-state index contributed by atoms with van der Waals surface area (Å²) in [5.41, 5.74) is 0.855. The lowest BCUT2D eigenvalue weighted by atomic mass is 9.97. The monoisotopic (exact) mass is 406 g/mol. The van der Waals surface area contributed by atoms with Gasteiger partial charge in [-0.25, -0.2) is 0 Å². The average Bonchev–Trinajstić information content (AvgIpc) is 3.08. The van der Waals surface area contributed by atoms with E-state index in [0.29, 0.717) is 29.4 Å². The average molecular weight is 407 g/mol. The lowest BCUT2D eigenvalue weighted by molar-refractivity contribution is -0.160. The summed E-state index contributed by atoms with van der Waals surface area (Å²) in [5, 5.41) is 6.96. The first kappa shape index (κ1) is 20.2. The number of hydrogen-bond acceptors (Lipinski definition) is 6. The molecule has 0 bridgehead atoms. The third kappa shape index (κ3) is 5.04. The van der Waals surface area contributed by atoms with E-state index in [4.69, 9.17) is 25.6 Å². The third-order valence-electron chi connectivity index (χ3n) is 4.51. The zero-order valence-electron chi connectivity index (χ0n) is 15.9. The van der Waals surface area contributed by atoms with E-state index < -0.39 is 23.9 Å². The van der Waals surface area contributed by atoms with Crippen LogP contribution in [0.15, 0.2) is 28.8 Å². The van der Waals surface area contributed by atoms with Crippen LogP contribution in [-0.4, -0.2) is 29.7 Å². The van der Waals surface area contributed by atoms with Crippen LogP contribution in [0.5, 0.6) is 5.75 Å². The fourth-order valence-corrected chi connectivity index (χ4v) is 3.21. The molecule has 0 saturated carbocycles. The van der Waals surface area contributed by atoms with Crippen LogP contribution in [0.4, 0.5) is 5.82 Å². The highest BCUT2D eigenvalue weighted by Crippen LogP contribution is 2.30. The van der Waals surface area contributed by atoms with Crippen LogP contribution in [0, 0.1) is 12.8 Å². The van der Waals surface area contributed by atoms with Crippen LogP contribution in [0.25, 0.3) is 0 Å². The number of fused-ring (bicyclic) bond motifs is 1. The van der Waals surface area contributed by atoms with Gasteiger partial charge in [0.05, 0.1) is 5.92 Å². The molecule has 0 radical (unpaired) electrons. The molecule has 3 rings (SSSR count). The Bertz CT molecular complexity index is 851. The largest absolute Gasteiger partial charge is 0.492 e. The number of unbranched alkanes of at least 4 members (excludes halogenated alkanes) is 1. The molecule has 2 atom stereocenters. The van der Waals surface area contributed by atoms with Crippen molar-refractivity contribution in [2.45, 2.75) is 45.6 Å². The number of anilines is 1. The van der Waals surface area contributed by atoms with Gasteiger partial charge in [-0.15, -0.1) is 0 Å². The topological polar surface area (TPSA) is 90.7 Å². The van der Waals surface area contributed by atoms with E-state index in [1.54, 1.807) is 31.2 Å². The molecule has 150 valence electrons. The third-order valence-corrected chi connectivity index (χ3v) is 4.75. The number of carbonyl (C=O) groups excluding carboxylic acids is 2. The number of benzene rings is 1. The van der Waals surface area contributed by atoms with E-state index in [-0.39, 0.29) is 6.61 Å². The highest BCUT2D eigenvalue weighted by atomic mass is 35.5. The van der Waals surface area contributed by atoms with Crippen LogP contribution >= 0.6 is 11.6 Å². The van der Waals surface area contributed by atoms with Gasteiger partial charge >= 0.3 is 5.97 Å². The molecule has 0 aliphatic carbocycles. The molecule has 1 aliphatic rings. The van der Waals surface area contributed by atoms with Gasteiger partial charge in [-0.1, -0.05) is 30.1 Å². The second-order valence-corrected chi connectivity index (χ2v) is 7.28. The molecule has 0 spiro atoms. The van der Waals surface area contributed by atoms with Gasteiger partial charge in [-0.05, 0) is 49.9 Å². The molecule has 2 heterocycles. The highest BCUT2D eigenvalue weighted by molar-refractivity contribution is 6.30. The first-order chi connectivity index (χ1) is 13.5. The standard InChI is InChI=1S/C20H23ClN2O5/c1-3-4-5-17(19(24)22-18-8-12(2)28-23-18)27-20(25)14-9-13-10-15(21)6-7-16(13)26-11-14/h6-8,10,14,17H,3-5,9,11H2,1-2H3,(H,22,23,24). The van der Waals surface area contributed by atoms with Gasteiger partial charge in [0, 0.05) is 11.1 Å². The normalized spacial score (nSPS) is 16.6. The number of carbonyl (C=O) groups is 2. The van der Waals surface area contributed by atoms with Crippen molar-refractivity contribution < 1.29 is 23.6 Å². The number of aryl methyl sites for hydroxylation is 1. The number of aromatic nitrogens is 1. The van der Waals surface area contributed by atoms with Crippen molar-refractivity contribution in [1.82, 2.24) is 5.16 Å². The van der Waals surface area contributed by atoms with E-state index in [9.17, 15) is 9.59 Å². The van der Waals surface area contributed by atoms with Crippen LogP contribution in [0.2, 0.25) is 5.02 Å². The fourth-order valence-electron chi connectivity index (χ4n) is 3.02.